The maximum atomic E-state index is 10.3. The summed E-state index contributed by atoms with van der Waals surface area (Å²) in [5, 5.41) is 0. The van der Waals surface area contributed by atoms with Crippen molar-refractivity contribution in [1.82, 2.24) is 4.98 Å². The van der Waals surface area contributed by atoms with Crippen LogP contribution in [0, 0.1) is 0 Å². The van der Waals surface area contributed by atoms with Crippen molar-refractivity contribution in [2.75, 3.05) is 18.1 Å². The van der Waals surface area contributed by atoms with Crippen molar-refractivity contribution in [2.24, 2.45) is 0 Å². The van der Waals surface area contributed by atoms with Crippen LogP contribution in [-0.2, 0) is 9.53 Å². The third-order valence-electron chi connectivity index (χ3n) is 3.26. The first kappa shape index (κ1) is 11.1. The van der Waals surface area contributed by atoms with Crippen LogP contribution in [0.5, 0.6) is 0 Å². The largest absolute Gasteiger partial charge is 0.466 e. The molecule has 2 heterocycles. The van der Waals surface area contributed by atoms with E-state index in [0.717, 1.165) is 30.5 Å². The van der Waals surface area contributed by atoms with Crippen LogP contribution in [0.2, 0.25) is 0 Å². The summed E-state index contributed by atoms with van der Waals surface area (Å²) in [7, 11) is 0. The molecule has 2 aromatic rings. The van der Waals surface area contributed by atoms with Crippen molar-refractivity contribution < 1.29 is 13.9 Å². The Kier molecular flexibility index (Phi) is 2.88. The predicted octanol–water partition coefficient (Wildman–Crippen LogP) is 1.97. The molecule has 1 aliphatic rings. The second-order valence-electron chi connectivity index (χ2n) is 4.38. The molecule has 5 nitrogen and oxygen atoms in total. The summed E-state index contributed by atoms with van der Waals surface area (Å²) >= 11 is 0. The Balaban J connectivity index is 1.86. The van der Waals surface area contributed by atoms with E-state index in [0.29, 0.717) is 19.1 Å². The van der Waals surface area contributed by atoms with Crippen LogP contribution in [0.1, 0.15) is 12.8 Å². The number of nitrogens with zero attached hydrogens (tertiary/aromatic N) is 2. The van der Waals surface area contributed by atoms with Gasteiger partial charge in [-0.2, -0.15) is 4.98 Å². The molecule has 94 valence electrons. The number of hydrogen-bond acceptors (Lipinski definition) is 5. The molecule has 0 bridgehead atoms. The van der Waals surface area contributed by atoms with Gasteiger partial charge in [-0.1, -0.05) is 12.1 Å². The van der Waals surface area contributed by atoms with Crippen molar-refractivity contribution in [3.05, 3.63) is 24.3 Å². The quantitative estimate of drug-likeness (QED) is 0.772. The highest BCUT2D eigenvalue weighted by atomic mass is 16.5. The molecule has 0 N–H and O–H groups in total. The third-order valence-corrected chi connectivity index (χ3v) is 3.26. The van der Waals surface area contributed by atoms with E-state index in [-0.39, 0.29) is 6.04 Å². The van der Waals surface area contributed by atoms with E-state index in [4.69, 9.17) is 9.15 Å². The highest BCUT2D eigenvalue weighted by Gasteiger charge is 2.28. The Morgan fingerprint density at radius 1 is 1.50 bits per heavy atom. The van der Waals surface area contributed by atoms with Crippen molar-refractivity contribution >= 4 is 23.6 Å². The monoisotopic (exact) mass is 246 g/mol. The van der Waals surface area contributed by atoms with Gasteiger partial charge in [0.15, 0.2) is 5.58 Å². The molecule has 1 fully saturated rings. The fraction of sp³-hybridized carbons (Fsp3) is 0.385. The molecule has 0 saturated carbocycles. The Bertz CT molecular complexity index is 519. The van der Waals surface area contributed by atoms with Gasteiger partial charge in [-0.3, -0.25) is 4.79 Å². The van der Waals surface area contributed by atoms with E-state index < -0.39 is 0 Å². The lowest BCUT2D eigenvalue weighted by molar-refractivity contribution is -0.129. The van der Waals surface area contributed by atoms with Crippen molar-refractivity contribution in [3.63, 3.8) is 0 Å². The van der Waals surface area contributed by atoms with E-state index in [1.807, 2.05) is 24.3 Å². The summed E-state index contributed by atoms with van der Waals surface area (Å²) in [6.45, 7) is 1.77. The molecule has 1 atom stereocenters. The Hall–Kier alpha value is -2.04. The van der Waals surface area contributed by atoms with Crippen molar-refractivity contribution in [3.8, 4) is 0 Å². The summed E-state index contributed by atoms with van der Waals surface area (Å²) in [5.41, 5.74) is 1.64. The van der Waals surface area contributed by atoms with E-state index >= 15 is 0 Å². The van der Waals surface area contributed by atoms with Gasteiger partial charge < -0.3 is 14.1 Å². The third kappa shape index (κ3) is 1.92. The second-order valence-corrected chi connectivity index (χ2v) is 4.38. The van der Waals surface area contributed by atoms with Gasteiger partial charge in [0, 0.05) is 6.54 Å². The highest BCUT2D eigenvalue weighted by molar-refractivity contribution is 5.74. The normalized spacial score (nSPS) is 19.3. The molecule has 1 aromatic carbocycles. The summed E-state index contributed by atoms with van der Waals surface area (Å²) in [6.07, 6.45) is 2.05. The number of rotatable bonds is 4. The molecule has 0 spiro atoms. The molecule has 0 unspecified atom stereocenters. The first-order valence-corrected chi connectivity index (χ1v) is 6.06. The lowest BCUT2D eigenvalue weighted by Gasteiger charge is -2.21. The molecule has 0 amide bonds. The molecule has 18 heavy (non-hydrogen) atoms. The van der Waals surface area contributed by atoms with Gasteiger partial charge in [-0.25, -0.2) is 0 Å². The Labute approximate surface area is 104 Å². The van der Waals surface area contributed by atoms with Crippen LogP contribution >= 0.6 is 0 Å². The van der Waals surface area contributed by atoms with Crippen LogP contribution in [0.4, 0.5) is 6.01 Å². The fourth-order valence-corrected chi connectivity index (χ4v) is 2.39. The van der Waals surface area contributed by atoms with Crippen LogP contribution in [0.15, 0.2) is 28.7 Å². The van der Waals surface area contributed by atoms with Gasteiger partial charge in [0.1, 0.15) is 12.1 Å². The van der Waals surface area contributed by atoms with Gasteiger partial charge >= 0.3 is 0 Å². The minimum Gasteiger partial charge on any atom is -0.466 e. The molecule has 1 aromatic heterocycles. The predicted molar refractivity (Wildman–Crippen MR) is 66.4 cm³/mol. The number of fused-ring (bicyclic) bond motifs is 1. The topological polar surface area (TPSA) is 55.6 Å². The van der Waals surface area contributed by atoms with Crippen molar-refractivity contribution in [2.45, 2.75) is 18.9 Å². The van der Waals surface area contributed by atoms with Crippen LogP contribution in [-0.4, -0.2) is 30.6 Å². The zero-order valence-corrected chi connectivity index (χ0v) is 9.91. The average Bonchev–Trinajstić information content (AvgIpc) is 3.01. The van der Waals surface area contributed by atoms with E-state index in [9.17, 15) is 4.79 Å². The molecule has 5 heteroatoms. The highest BCUT2D eigenvalue weighted by Crippen LogP contribution is 2.28. The van der Waals surface area contributed by atoms with Gasteiger partial charge in [-0.15, -0.1) is 0 Å². The fourth-order valence-electron chi connectivity index (χ4n) is 2.39. The molecular weight excluding hydrogens is 232 g/mol. The maximum absolute atomic E-state index is 10.3. The summed E-state index contributed by atoms with van der Waals surface area (Å²) in [5.74, 6) is 0. The lowest BCUT2D eigenvalue weighted by Crippen LogP contribution is -2.33. The van der Waals surface area contributed by atoms with Gasteiger partial charge in [0.05, 0.1) is 6.04 Å². The number of aromatic nitrogens is 1. The van der Waals surface area contributed by atoms with E-state index in [2.05, 4.69) is 9.88 Å². The number of carbonyl (C=O) groups excluding carboxylic acids is 1. The first-order chi connectivity index (χ1) is 8.88. The number of benzene rings is 1. The maximum Gasteiger partial charge on any atom is 0.298 e. The van der Waals surface area contributed by atoms with Gasteiger partial charge in [-0.05, 0) is 25.0 Å². The smallest absolute Gasteiger partial charge is 0.298 e. The lowest BCUT2D eigenvalue weighted by atomic mass is 10.2. The summed E-state index contributed by atoms with van der Waals surface area (Å²) < 4.78 is 10.6. The molecule has 3 rings (SSSR count). The number of para-hydroxylation sites is 2. The average molecular weight is 246 g/mol. The number of oxazole rings is 1. The summed E-state index contributed by atoms with van der Waals surface area (Å²) in [4.78, 5) is 16.8. The molecule has 0 aliphatic carbocycles. The number of carbonyl (C=O) groups is 1. The van der Waals surface area contributed by atoms with E-state index in [1.165, 1.54) is 0 Å². The SMILES string of the molecule is O=COC[C@H]1CCCN1c1nc2ccccc2o1. The Morgan fingerprint density at radius 3 is 3.22 bits per heavy atom. The number of anilines is 1. The standard InChI is InChI=1S/C13H14N2O3/c16-9-17-8-10-4-3-7-15(10)13-14-11-5-1-2-6-12(11)18-13/h1-2,5-6,9-10H,3-4,7-8H2/t10-/m1/s1. The van der Waals surface area contributed by atoms with E-state index in [1.54, 1.807) is 0 Å². The minimum absolute atomic E-state index is 0.170. The number of ether oxygens (including phenoxy) is 1. The second kappa shape index (κ2) is 4.68. The zero-order chi connectivity index (χ0) is 12.4. The molecule has 1 aliphatic heterocycles. The van der Waals surface area contributed by atoms with Crippen LogP contribution < -0.4 is 4.90 Å². The van der Waals surface area contributed by atoms with Crippen molar-refractivity contribution in [1.29, 1.82) is 0 Å². The van der Waals surface area contributed by atoms with Gasteiger partial charge in [0.25, 0.3) is 12.5 Å². The zero-order valence-electron chi connectivity index (χ0n) is 9.91. The summed E-state index contributed by atoms with van der Waals surface area (Å²) in [6, 6.07) is 8.48. The minimum atomic E-state index is 0.170. The first-order valence-electron chi connectivity index (χ1n) is 6.06. The van der Waals surface area contributed by atoms with Crippen LogP contribution in [0.25, 0.3) is 11.1 Å². The molecule has 0 radical (unpaired) electrons. The van der Waals surface area contributed by atoms with Crippen LogP contribution in [0.3, 0.4) is 0 Å². The number of hydrogen-bond donors (Lipinski definition) is 0. The molecule has 1 saturated heterocycles. The van der Waals surface area contributed by atoms with Gasteiger partial charge in [0.2, 0.25) is 0 Å². The Morgan fingerprint density at radius 2 is 2.39 bits per heavy atom. The molecular formula is C13H14N2O3.